The van der Waals surface area contributed by atoms with Crippen molar-refractivity contribution in [1.82, 2.24) is 4.90 Å². The normalized spacial score (nSPS) is 14.2. The monoisotopic (exact) mass is 317 g/mol. The third-order valence-electron chi connectivity index (χ3n) is 1.53. The molecule has 3 nitrogen and oxygen atoms in total. The zero-order valence-corrected chi connectivity index (χ0v) is 11.3. The number of hydrogen-bond acceptors (Lipinski definition) is 3. The van der Waals surface area contributed by atoms with Gasteiger partial charge in [0.1, 0.15) is 3.55 Å². The maximum atomic E-state index is 6.75. The maximum Gasteiger partial charge on any atom is 0.120 e. The molecular weight excluding hydrogens is 300 g/mol. The zero-order valence-electron chi connectivity index (χ0n) is 8.30. The molecule has 13 heavy (non-hydrogen) atoms. The molecule has 0 fully saturated rings. The minimum atomic E-state index is -0.143. The van der Waals surface area contributed by atoms with Gasteiger partial charge in [-0.3, -0.25) is 0 Å². The van der Waals surface area contributed by atoms with Gasteiger partial charge in [0, 0.05) is 0 Å². The number of alkyl halides is 1. The van der Waals surface area contributed by atoms with Crippen LogP contribution in [0, 0.1) is 5.41 Å². The highest BCUT2D eigenvalue weighted by Gasteiger charge is 2.16. The van der Waals surface area contributed by atoms with Gasteiger partial charge in [0.25, 0.3) is 0 Å². The summed E-state index contributed by atoms with van der Waals surface area (Å²) in [6, 6.07) is 2.10. The van der Waals surface area contributed by atoms with Gasteiger partial charge in [-0.15, -0.1) is 12.4 Å². The summed E-state index contributed by atoms with van der Waals surface area (Å²) in [6.45, 7) is 3.09. The van der Waals surface area contributed by atoms with Crippen LogP contribution in [0.15, 0.2) is 4.99 Å². The lowest BCUT2D eigenvalue weighted by Gasteiger charge is -2.16. The zero-order chi connectivity index (χ0) is 9.61. The van der Waals surface area contributed by atoms with E-state index >= 15 is 0 Å². The smallest absolute Gasteiger partial charge is 0.120 e. The maximum absolute atomic E-state index is 6.75. The standard InChI is InChI=1S/C8H16IN3.ClH/c1-8(9,11-7-10)5-4-6-12(2)3;/h10H,4-6H2,1-3H3;1H. The third kappa shape index (κ3) is 10.3. The van der Waals surface area contributed by atoms with Crippen molar-refractivity contribution in [2.45, 2.75) is 23.3 Å². The average Bonchev–Trinajstić information content (AvgIpc) is 1.85. The highest BCUT2D eigenvalue weighted by atomic mass is 127. The first-order valence-electron chi connectivity index (χ1n) is 3.95. The first-order chi connectivity index (χ1) is 5.48. The van der Waals surface area contributed by atoms with Crippen LogP contribution in [0.3, 0.4) is 0 Å². The van der Waals surface area contributed by atoms with Gasteiger partial charge in [-0.05, 0) is 40.4 Å². The third-order valence-corrected chi connectivity index (χ3v) is 2.31. The summed E-state index contributed by atoms with van der Waals surface area (Å²) in [7, 11) is 4.12. The molecule has 1 unspecified atom stereocenters. The number of hydrogen-bond donors (Lipinski definition) is 1. The molecule has 0 saturated carbocycles. The molecule has 0 heterocycles. The van der Waals surface area contributed by atoms with Gasteiger partial charge in [-0.2, -0.15) is 0 Å². The molecule has 0 aliphatic carbocycles. The van der Waals surface area contributed by atoms with E-state index in [1.165, 1.54) is 0 Å². The van der Waals surface area contributed by atoms with E-state index in [1.54, 1.807) is 0 Å². The van der Waals surface area contributed by atoms with E-state index in [-0.39, 0.29) is 16.0 Å². The van der Waals surface area contributed by atoms with Crippen LogP contribution >= 0.6 is 35.0 Å². The van der Waals surface area contributed by atoms with Crippen molar-refractivity contribution in [3.05, 3.63) is 0 Å². The molecule has 0 aliphatic heterocycles. The van der Waals surface area contributed by atoms with Crippen molar-refractivity contribution in [2.75, 3.05) is 20.6 Å². The Hall–Kier alpha value is 0.360. The second-order valence-electron chi connectivity index (χ2n) is 3.27. The summed E-state index contributed by atoms with van der Waals surface area (Å²) in [4.78, 5) is 6.09. The highest BCUT2D eigenvalue weighted by molar-refractivity contribution is 14.1. The lowest BCUT2D eigenvalue weighted by molar-refractivity contribution is 0.385. The van der Waals surface area contributed by atoms with E-state index in [9.17, 15) is 0 Å². The molecule has 0 spiro atoms. The lowest BCUT2D eigenvalue weighted by atomic mass is 10.2. The number of rotatable bonds is 5. The van der Waals surface area contributed by atoms with Crippen LogP contribution in [0.5, 0.6) is 0 Å². The predicted molar refractivity (Wildman–Crippen MR) is 67.6 cm³/mol. The number of aliphatic imine (C=N–C) groups is 1. The molecule has 0 radical (unpaired) electrons. The van der Waals surface area contributed by atoms with Crippen LogP contribution in [-0.4, -0.2) is 35.1 Å². The van der Waals surface area contributed by atoms with Crippen molar-refractivity contribution < 1.29 is 0 Å². The van der Waals surface area contributed by atoms with Crippen LogP contribution < -0.4 is 0 Å². The van der Waals surface area contributed by atoms with Crippen LogP contribution in [-0.2, 0) is 0 Å². The number of nitrogens with one attached hydrogen (secondary N) is 1. The first-order valence-corrected chi connectivity index (χ1v) is 5.03. The van der Waals surface area contributed by atoms with E-state index < -0.39 is 0 Å². The van der Waals surface area contributed by atoms with Crippen molar-refractivity contribution in [3.8, 4) is 0 Å². The van der Waals surface area contributed by atoms with Gasteiger partial charge in [-0.1, -0.05) is 22.6 Å². The predicted octanol–water partition coefficient (Wildman–Crippen LogP) is 2.65. The Balaban J connectivity index is 0. The highest BCUT2D eigenvalue weighted by Crippen LogP contribution is 2.24. The van der Waals surface area contributed by atoms with Gasteiger partial charge in [0.2, 0.25) is 0 Å². The summed E-state index contributed by atoms with van der Waals surface area (Å²) in [5.41, 5.74) is 0. The van der Waals surface area contributed by atoms with Gasteiger partial charge < -0.3 is 4.90 Å². The van der Waals surface area contributed by atoms with E-state index in [4.69, 9.17) is 5.41 Å². The number of nitrogens with zero attached hydrogens (tertiary/aromatic N) is 2. The van der Waals surface area contributed by atoms with E-state index in [2.05, 4.69) is 52.6 Å². The van der Waals surface area contributed by atoms with E-state index in [0.717, 1.165) is 19.4 Å². The van der Waals surface area contributed by atoms with Crippen molar-refractivity contribution >= 4 is 41.0 Å². The van der Waals surface area contributed by atoms with Crippen molar-refractivity contribution in [1.29, 1.82) is 5.41 Å². The Morgan fingerprint density at radius 3 is 2.46 bits per heavy atom. The minimum absolute atomic E-state index is 0. The van der Waals surface area contributed by atoms with Gasteiger partial charge in [-0.25, -0.2) is 10.4 Å². The van der Waals surface area contributed by atoms with E-state index in [1.807, 2.05) is 6.92 Å². The summed E-state index contributed by atoms with van der Waals surface area (Å²) >= 11 is 2.25. The second kappa shape index (κ2) is 7.74. The molecule has 0 bridgehead atoms. The molecule has 0 aromatic carbocycles. The molecular formula is C8H17ClIN3. The van der Waals surface area contributed by atoms with Crippen LogP contribution in [0.25, 0.3) is 0 Å². The molecule has 5 heteroatoms. The molecule has 0 aliphatic rings. The second-order valence-corrected chi connectivity index (χ2v) is 5.60. The minimum Gasteiger partial charge on any atom is -0.309 e. The summed E-state index contributed by atoms with van der Waals surface area (Å²) in [5, 5.41) is 6.75. The molecule has 0 saturated heterocycles. The lowest BCUT2D eigenvalue weighted by Crippen LogP contribution is -2.18. The van der Waals surface area contributed by atoms with Gasteiger partial charge >= 0.3 is 0 Å². The molecule has 0 aromatic rings. The topological polar surface area (TPSA) is 39.5 Å². The quantitative estimate of drug-likeness (QED) is 0.360. The fraction of sp³-hybridized carbons (Fsp3) is 0.875. The Bertz CT molecular complexity index is 176. The summed E-state index contributed by atoms with van der Waals surface area (Å²) in [5.74, 6) is 0. The average molecular weight is 318 g/mol. The van der Waals surface area contributed by atoms with Gasteiger partial charge in [0.05, 0.1) is 6.01 Å². The summed E-state index contributed by atoms with van der Waals surface area (Å²) < 4.78 is -0.143. The first kappa shape index (κ1) is 15.8. The molecule has 1 atom stereocenters. The Labute approximate surface area is 100 Å². The largest absolute Gasteiger partial charge is 0.309 e. The molecule has 0 rings (SSSR count). The fourth-order valence-corrected chi connectivity index (χ4v) is 1.39. The Morgan fingerprint density at radius 1 is 1.54 bits per heavy atom. The fourth-order valence-electron chi connectivity index (χ4n) is 0.890. The molecule has 78 valence electrons. The number of halogens is 2. The summed E-state index contributed by atoms with van der Waals surface area (Å²) in [6.07, 6.45) is 2.11. The van der Waals surface area contributed by atoms with Crippen LogP contribution in [0.2, 0.25) is 0 Å². The molecule has 0 amide bonds. The SMILES string of the molecule is CN(C)CCCC(C)(I)N=C=N.Cl. The molecule has 0 aromatic heterocycles. The van der Waals surface area contributed by atoms with Crippen LogP contribution in [0.4, 0.5) is 0 Å². The molecule has 1 N–H and O–H groups in total. The van der Waals surface area contributed by atoms with Crippen molar-refractivity contribution in [2.24, 2.45) is 4.99 Å². The van der Waals surface area contributed by atoms with Crippen LogP contribution in [0.1, 0.15) is 19.8 Å². The Morgan fingerprint density at radius 2 is 2.08 bits per heavy atom. The van der Waals surface area contributed by atoms with Gasteiger partial charge in [0.15, 0.2) is 0 Å². The Kier molecular flexibility index (Phi) is 9.41. The van der Waals surface area contributed by atoms with Crippen molar-refractivity contribution in [3.63, 3.8) is 0 Å². The van der Waals surface area contributed by atoms with E-state index in [0.29, 0.717) is 0 Å².